The highest BCUT2D eigenvalue weighted by Crippen LogP contribution is 2.28. The van der Waals surface area contributed by atoms with E-state index in [4.69, 9.17) is 10.5 Å². The number of thiophene rings is 1. The highest BCUT2D eigenvalue weighted by molar-refractivity contribution is 7.16. The van der Waals surface area contributed by atoms with E-state index in [1.54, 1.807) is 13.0 Å². The molecule has 0 saturated heterocycles. The second-order valence-corrected chi connectivity index (χ2v) is 6.24. The van der Waals surface area contributed by atoms with Gasteiger partial charge in [0.05, 0.1) is 12.2 Å². The van der Waals surface area contributed by atoms with E-state index in [-0.39, 0.29) is 24.3 Å². The molecule has 0 bridgehead atoms. The maximum absolute atomic E-state index is 11.9. The van der Waals surface area contributed by atoms with Gasteiger partial charge in [-0.15, -0.1) is 11.3 Å². The van der Waals surface area contributed by atoms with Crippen molar-refractivity contribution in [2.75, 3.05) is 11.9 Å². The van der Waals surface area contributed by atoms with Crippen LogP contribution < -0.4 is 11.1 Å². The number of hydrogen-bond acceptors (Lipinski definition) is 5. The Morgan fingerprint density at radius 2 is 2.10 bits per heavy atom. The molecule has 3 N–H and O–H groups in total. The van der Waals surface area contributed by atoms with Crippen LogP contribution in [0.25, 0.3) is 0 Å². The predicted molar refractivity (Wildman–Crippen MR) is 81.1 cm³/mol. The number of rotatable bonds is 6. The number of aryl methyl sites for hydroxylation is 1. The van der Waals surface area contributed by atoms with Crippen molar-refractivity contribution in [3.63, 3.8) is 0 Å². The number of anilines is 1. The number of ether oxygens (including phenoxy) is 1. The minimum absolute atomic E-state index is 0.182. The molecule has 1 amide bonds. The summed E-state index contributed by atoms with van der Waals surface area (Å²) in [6, 6.07) is 1.53. The first kappa shape index (κ1) is 16.7. The Balaban J connectivity index is 2.77. The van der Waals surface area contributed by atoms with Crippen molar-refractivity contribution in [3.8, 4) is 0 Å². The molecule has 0 radical (unpaired) electrons. The van der Waals surface area contributed by atoms with Gasteiger partial charge in [0.25, 0.3) is 0 Å². The average molecular weight is 298 g/mol. The van der Waals surface area contributed by atoms with Gasteiger partial charge in [0, 0.05) is 17.3 Å². The van der Waals surface area contributed by atoms with Crippen LogP contribution in [-0.2, 0) is 9.53 Å². The van der Waals surface area contributed by atoms with Crippen LogP contribution in [0.3, 0.4) is 0 Å². The molecule has 6 heteroatoms. The Hall–Kier alpha value is -1.40. The lowest BCUT2D eigenvalue weighted by Crippen LogP contribution is -2.31. The van der Waals surface area contributed by atoms with E-state index in [1.807, 2.05) is 20.8 Å². The van der Waals surface area contributed by atoms with E-state index in [2.05, 4.69) is 5.32 Å². The second kappa shape index (κ2) is 7.40. The van der Waals surface area contributed by atoms with Crippen molar-refractivity contribution in [3.05, 3.63) is 16.5 Å². The largest absolute Gasteiger partial charge is 0.462 e. The summed E-state index contributed by atoms with van der Waals surface area (Å²) in [6.45, 7) is 7.87. The number of amides is 1. The van der Waals surface area contributed by atoms with Crippen molar-refractivity contribution in [2.24, 2.45) is 11.7 Å². The van der Waals surface area contributed by atoms with Gasteiger partial charge in [0.1, 0.15) is 5.00 Å². The maximum Gasteiger partial charge on any atom is 0.341 e. The highest BCUT2D eigenvalue weighted by Gasteiger charge is 2.19. The fourth-order valence-electron chi connectivity index (χ4n) is 1.59. The van der Waals surface area contributed by atoms with Crippen LogP contribution >= 0.6 is 11.3 Å². The van der Waals surface area contributed by atoms with E-state index in [9.17, 15) is 9.59 Å². The van der Waals surface area contributed by atoms with Crippen LogP contribution in [0.5, 0.6) is 0 Å². The summed E-state index contributed by atoms with van der Waals surface area (Å²) in [7, 11) is 0. The second-order valence-electron chi connectivity index (χ2n) is 4.98. The number of nitrogens with one attached hydrogen (secondary N) is 1. The molecule has 0 fully saturated rings. The minimum atomic E-state index is -0.416. The van der Waals surface area contributed by atoms with E-state index in [0.29, 0.717) is 17.2 Å². The van der Waals surface area contributed by atoms with Gasteiger partial charge in [-0.2, -0.15) is 0 Å². The normalized spacial score (nSPS) is 12.3. The molecule has 5 nitrogen and oxygen atoms in total. The molecule has 1 rings (SSSR count). The Bertz CT molecular complexity index is 483. The highest BCUT2D eigenvalue weighted by atomic mass is 32.1. The van der Waals surface area contributed by atoms with Crippen LogP contribution in [-0.4, -0.2) is 24.5 Å². The fourth-order valence-corrected chi connectivity index (χ4v) is 2.51. The Morgan fingerprint density at radius 3 is 2.65 bits per heavy atom. The van der Waals surface area contributed by atoms with Gasteiger partial charge in [-0.25, -0.2) is 4.79 Å². The van der Waals surface area contributed by atoms with Gasteiger partial charge < -0.3 is 15.8 Å². The van der Waals surface area contributed by atoms with Crippen LogP contribution in [0.2, 0.25) is 0 Å². The van der Waals surface area contributed by atoms with Crippen LogP contribution in [0.1, 0.15) is 42.4 Å². The third-order valence-electron chi connectivity index (χ3n) is 2.88. The van der Waals surface area contributed by atoms with Crippen molar-refractivity contribution >= 4 is 28.2 Å². The topological polar surface area (TPSA) is 81.4 Å². The molecule has 0 aliphatic rings. The zero-order chi connectivity index (χ0) is 15.3. The van der Waals surface area contributed by atoms with Crippen LogP contribution in [0, 0.1) is 12.8 Å². The van der Waals surface area contributed by atoms with Crippen molar-refractivity contribution in [1.82, 2.24) is 0 Å². The lowest BCUT2D eigenvalue weighted by molar-refractivity contribution is -0.116. The first-order chi connectivity index (χ1) is 9.35. The SMILES string of the molecule is CCOC(=O)c1cc(C)sc1NC(=O)CC(N)C(C)C. The Kier molecular flexibility index (Phi) is 6.16. The molecule has 0 aromatic carbocycles. The number of hydrogen-bond donors (Lipinski definition) is 2. The number of nitrogens with two attached hydrogens (primary N) is 1. The molecule has 1 atom stereocenters. The molecule has 1 aromatic heterocycles. The summed E-state index contributed by atoms with van der Waals surface area (Å²) in [6.07, 6.45) is 0.233. The molecular weight excluding hydrogens is 276 g/mol. The summed E-state index contributed by atoms with van der Waals surface area (Å²) < 4.78 is 4.97. The average Bonchev–Trinajstić information content (AvgIpc) is 2.70. The molecule has 0 aliphatic carbocycles. The summed E-state index contributed by atoms with van der Waals surface area (Å²) >= 11 is 1.36. The lowest BCUT2D eigenvalue weighted by Gasteiger charge is -2.14. The summed E-state index contributed by atoms with van der Waals surface area (Å²) in [5.74, 6) is -0.366. The smallest absolute Gasteiger partial charge is 0.341 e. The molecule has 1 aromatic rings. The zero-order valence-electron chi connectivity index (χ0n) is 12.4. The van der Waals surface area contributed by atoms with E-state index in [0.717, 1.165) is 4.88 Å². The van der Waals surface area contributed by atoms with Crippen LogP contribution in [0.4, 0.5) is 5.00 Å². The molecule has 1 unspecified atom stereocenters. The minimum Gasteiger partial charge on any atom is -0.462 e. The Labute approximate surface area is 123 Å². The summed E-state index contributed by atoms with van der Waals surface area (Å²) in [5.41, 5.74) is 6.28. The molecule has 0 saturated carbocycles. The molecule has 112 valence electrons. The zero-order valence-corrected chi connectivity index (χ0v) is 13.2. The molecule has 0 aliphatic heterocycles. The molecule has 20 heavy (non-hydrogen) atoms. The maximum atomic E-state index is 11.9. The third kappa shape index (κ3) is 4.61. The summed E-state index contributed by atoms with van der Waals surface area (Å²) in [5, 5.41) is 3.28. The fraction of sp³-hybridized carbons (Fsp3) is 0.571. The van der Waals surface area contributed by atoms with Crippen molar-refractivity contribution in [2.45, 2.75) is 40.2 Å². The first-order valence-electron chi connectivity index (χ1n) is 6.68. The van der Waals surface area contributed by atoms with Gasteiger partial charge in [-0.05, 0) is 25.8 Å². The standard InChI is InChI=1S/C14H22N2O3S/c1-5-19-14(18)10-6-9(4)20-13(10)16-12(17)7-11(15)8(2)3/h6,8,11H,5,7,15H2,1-4H3,(H,16,17). The van der Waals surface area contributed by atoms with E-state index >= 15 is 0 Å². The van der Waals surface area contributed by atoms with E-state index < -0.39 is 5.97 Å². The lowest BCUT2D eigenvalue weighted by atomic mass is 10.0. The van der Waals surface area contributed by atoms with Gasteiger partial charge in [0.2, 0.25) is 5.91 Å². The van der Waals surface area contributed by atoms with Crippen LogP contribution in [0.15, 0.2) is 6.07 Å². The molecular formula is C14H22N2O3S. The number of esters is 1. The monoisotopic (exact) mass is 298 g/mol. The van der Waals surface area contributed by atoms with Crippen molar-refractivity contribution < 1.29 is 14.3 Å². The summed E-state index contributed by atoms with van der Waals surface area (Å²) in [4.78, 5) is 24.7. The van der Waals surface area contributed by atoms with Gasteiger partial charge in [-0.3, -0.25) is 4.79 Å². The first-order valence-corrected chi connectivity index (χ1v) is 7.49. The predicted octanol–water partition coefficient (Wildman–Crippen LogP) is 2.55. The number of carbonyl (C=O) groups is 2. The Morgan fingerprint density at radius 1 is 1.45 bits per heavy atom. The van der Waals surface area contributed by atoms with Crippen molar-refractivity contribution in [1.29, 1.82) is 0 Å². The third-order valence-corrected chi connectivity index (χ3v) is 3.85. The van der Waals surface area contributed by atoms with Gasteiger partial charge >= 0.3 is 5.97 Å². The molecule has 0 spiro atoms. The van der Waals surface area contributed by atoms with E-state index in [1.165, 1.54) is 11.3 Å². The quantitative estimate of drug-likeness (QED) is 0.791. The molecule has 1 heterocycles. The van der Waals surface area contributed by atoms with Gasteiger partial charge in [-0.1, -0.05) is 13.8 Å². The van der Waals surface area contributed by atoms with Gasteiger partial charge in [0.15, 0.2) is 0 Å². The number of carbonyl (C=O) groups excluding carboxylic acids is 2.